The zero-order valence-corrected chi connectivity index (χ0v) is 18.0. The number of anilines is 1. The predicted molar refractivity (Wildman–Crippen MR) is 125 cm³/mol. The first-order chi connectivity index (χ1) is 16.0. The molecule has 6 nitrogen and oxygen atoms in total. The number of nitrogens with one attached hydrogen (secondary N) is 1. The van der Waals surface area contributed by atoms with Crippen LogP contribution in [-0.2, 0) is 0 Å². The molecule has 0 radical (unpaired) electrons. The number of carboxylic acid groups (broad SMARTS) is 1. The van der Waals surface area contributed by atoms with Crippen LogP contribution >= 0.6 is 12.2 Å². The Balaban J connectivity index is 1.56. The average molecular weight is 460 g/mol. The lowest BCUT2D eigenvalue weighted by molar-refractivity contribution is 0.0697. The van der Waals surface area contributed by atoms with Crippen molar-refractivity contribution in [2.75, 3.05) is 4.90 Å². The van der Waals surface area contributed by atoms with E-state index >= 15 is 0 Å². The Hall–Kier alpha value is -4.04. The molecule has 1 saturated heterocycles. The summed E-state index contributed by atoms with van der Waals surface area (Å²) in [7, 11) is 0. The van der Waals surface area contributed by atoms with Gasteiger partial charge in [-0.3, -0.25) is 4.98 Å². The number of pyridine rings is 1. The van der Waals surface area contributed by atoms with Gasteiger partial charge in [-0.25, -0.2) is 9.18 Å². The molecule has 1 aliphatic rings. The van der Waals surface area contributed by atoms with Crippen LogP contribution in [0.25, 0.3) is 11.3 Å². The highest BCUT2D eigenvalue weighted by atomic mass is 32.1. The molecule has 0 bridgehead atoms. The van der Waals surface area contributed by atoms with E-state index in [-0.39, 0.29) is 23.5 Å². The summed E-state index contributed by atoms with van der Waals surface area (Å²) in [4.78, 5) is 17.5. The molecule has 4 aromatic rings. The monoisotopic (exact) mass is 459 g/mol. The van der Waals surface area contributed by atoms with Crippen molar-refractivity contribution in [2.24, 2.45) is 0 Å². The number of hydrogen-bond donors (Lipinski definition) is 2. The molecule has 164 valence electrons. The van der Waals surface area contributed by atoms with Crippen LogP contribution in [-0.4, -0.2) is 21.2 Å². The summed E-state index contributed by atoms with van der Waals surface area (Å²) in [5.41, 5.74) is 2.47. The molecule has 1 aliphatic heterocycles. The Morgan fingerprint density at radius 2 is 1.79 bits per heavy atom. The zero-order valence-electron chi connectivity index (χ0n) is 17.2. The number of aromatic carboxylic acids is 1. The van der Waals surface area contributed by atoms with E-state index in [1.807, 2.05) is 35.2 Å². The highest BCUT2D eigenvalue weighted by Crippen LogP contribution is 2.42. The second kappa shape index (κ2) is 8.48. The number of halogens is 1. The summed E-state index contributed by atoms with van der Waals surface area (Å²) in [5.74, 6) is -0.0849. The third kappa shape index (κ3) is 3.96. The van der Waals surface area contributed by atoms with E-state index in [1.165, 1.54) is 24.3 Å². The van der Waals surface area contributed by atoms with Gasteiger partial charge < -0.3 is 19.7 Å². The minimum atomic E-state index is -0.986. The molecule has 0 saturated carbocycles. The maximum Gasteiger partial charge on any atom is 0.335 e. The molecule has 2 unspecified atom stereocenters. The maximum atomic E-state index is 13.6. The molecule has 0 spiro atoms. The van der Waals surface area contributed by atoms with Crippen LogP contribution in [0.2, 0.25) is 0 Å². The Labute approximate surface area is 194 Å². The topological polar surface area (TPSA) is 78.6 Å². The Bertz CT molecular complexity index is 1310. The zero-order chi connectivity index (χ0) is 22.9. The molecule has 33 heavy (non-hydrogen) atoms. The summed E-state index contributed by atoms with van der Waals surface area (Å²) in [6, 6.07) is 21.3. The number of carbonyl (C=O) groups is 1. The van der Waals surface area contributed by atoms with Crippen LogP contribution in [0.3, 0.4) is 0 Å². The fourth-order valence-electron chi connectivity index (χ4n) is 3.97. The maximum absolute atomic E-state index is 13.6. The fraction of sp³-hybridized carbons (Fsp3) is 0.0800. The molecule has 8 heteroatoms. The fourth-order valence-corrected chi connectivity index (χ4v) is 4.31. The number of thiocarbonyl (C=S) groups is 1. The second-order valence-electron chi connectivity index (χ2n) is 7.56. The molecular formula is C25H18FN3O3S. The van der Waals surface area contributed by atoms with Crippen molar-refractivity contribution in [1.82, 2.24) is 10.3 Å². The van der Waals surface area contributed by atoms with Gasteiger partial charge in [0.05, 0.1) is 17.3 Å². The van der Waals surface area contributed by atoms with Crippen LogP contribution in [0, 0.1) is 5.82 Å². The minimum absolute atomic E-state index is 0.202. The smallest absolute Gasteiger partial charge is 0.335 e. The quantitative estimate of drug-likeness (QED) is 0.389. The average Bonchev–Trinajstić information content (AvgIpc) is 3.45. The van der Waals surface area contributed by atoms with Gasteiger partial charge in [0.1, 0.15) is 23.4 Å². The Morgan fingerprint density at radius 3 is 2.45 bits per heavy atom. The van der Waals surface area contributed by atoms with Crippen LogP contribution in [0.15, 0.2) is 89.5 Å². The molecule has 2 aromatic carbocycles. The van der Waals surface area contributed by atoms with E-state index in [2.05, 4.69) is 10.3 Å². The highest BCUT2D eigenvalue weighted by molar-refractivity contribution is 7.80. The van der Waals surface area contributed by atoms with Gasteiger partial charge in [0.2, 0.25) is 0 Å². The van der Waals surface area contributed by atoms with E-state index in [4.69, 9.17) is 21.7 Å². The van der Waals surface area contributed by atoms with Crippen molar-refractivity contribution in [3.05, 3.63) is 108 Å². The van der Waals surface area contributed by atoms with E-state index < -0.39 is 5.97 Å². The third-order valence-corrected chi connectivity index (χ3v) is 5.85. The standard InChI is InChI=1S/C25H18FN3O3S/c26-17-8-10-18(11-9-17)29-23(22(28-25(29)33)19-3-1-2-14-27-19)21-13-12-20(32-21)15-4-6-16(7-5-15)24(30)31/h1-14,22-23H,(H,28,33)(H,30,31). The molecule has 0 aliphatic carbocycles. The summed E-state index contributed by atoms with van der Waals surface area (Å²) in [5, 5.41) is 12.9. The molecule has 2 aromatic heterocycles. The van der Waals surface area contributed by atoms with E-state index in [0.717, 1.165) is 16.9 Å². The summed E-state index contributed by atoms with van der Waals surface area (Å²) >= 11 is 5.64. The van der Waals surface area contributed by atoms with E-state index in [0.29, 0.717) is 16.6 Å². The third-order valence-electron chi connectivity index (χ3n) is 5.54. The van der Waals surface area contributed by atoms with E-state index in [1.54, 1.807) is 30.5 Å². The van der Waals surface area contributed by atoms with Crippen LogP contribution in [0.5, 0.6) is 0 Å². The second-order valence-corrected chi connectivity index (χ2v) is 7.94. The van der Waals surface area contributed by atoms with Crippen molar-refractivity contribution >= 4 is 29.0 Å². The number of carboxylic acids is 1. The molecule has 2 atom stereocenters. The lowest BCUT2D eigenvalue weighted by Gasteiger charge is -2.26. The van der Waals surface area contributed by atoms with Gasteiger partial charge >= 0.3 is 5.97 Å². The van der Waals surface area contributed by atoms with Crippen molar-refractivity contribution < 1.29 is 18.7 Å². The van der Waals surface area contributed by atoms with Crippen molar-refractivity contribution in [3.8, 4) is 11.3 Å². The molecular weight excluding hydrogens is 441 g/mol. The van der Waals surface area contributed by atoms with E-state index in [9.17, 15) is 9.18 Å². The number of aromatic nitrogens is 1. The van der Waals surface area contributed by atoms with Gasteiger partial charge in [0.25, 0.3) is 0 Å². The number of hydrogen-bond acceptors (Lipinski definition) is 4. The normalized spacial score (nSPS) is 17.7. The molecule has 5 rings (SSSR count). The van der Waals surface area contributed by atoms with Gasteiger partial charge in [-0.2, -0.15) is 0 Å². The largest absolute Gasteiger partial charge is 0.478 e. The Morgan fingerprint density at radius 1 is 1.03 bits per heavy atom. The molecule has 3 heterocycles. The first-order valence-electron chi connectivity index (χ1n) is 10.2. The van der Waals surface area contributed by atoms with Gasteiger partial charge in [0.15, 0.2) is 5.11 Å². The van der Waals surface area contributed by atoms with Crippen molar-refractivity contribution in [2.45, 2.75) is 12.1 Å². The summed E-state index contributed by atoms with van der Waals surface area (Å²) < 4.78 is 19.8. The molecule has 2 N–H and O–H groups in total. The highest BCUT2D eigenvalue weighted by Gasteiger charge is 2.42. The van der Waals surface area contributed by atoms with Crippen LogP contribution in [0.1, 0.15) is 33.9 Å². The molecule has 1 fully saturated rings. The number of furan rings is 1. The SMILES string of the molecule is O=C(O)c1ccc(-c2ccc(C3C(c4ccccn4)NC(=S)N3c3ccc(F)cc3)o2)cc1. The molecule has 0 amide bonds. The van der Waals surface area contributed by atoms with Gasteiger partial charge in [-0.1, -0.05) is 18.2 Å². The summed E-state index contributed by atoms with van der Waals surface area (Å²) in [6.07, 6.45) is 1.72. The first-order valence-corrected chi connectivity index (χ1v) is 10.6. The van der Waals surface area contributed by atoms with Gasteiger partial charge in [-0.15, -0.1) is 0 Å². The minimum Gasteiger partial charge on any atom is -0.478 e. The number of nitrogens with zero attached hydrogens (tertiary/aromatic N) is 2. The number of rotatable bonds is 5. The van der Waals surface area contributed by atoms with Crippen LogP contribution < -0.4 is 10.2 Å². The van der Waals surface area contributed by atoms with Crippen LogP contribution in [0.4, 0.5) is 10.1 Å². The lowest BCUT2D eigenvalue weighted by atomic mass is 10.0. The number of benzene rings is 2. The van der Waals surface area contributed by atoms with Crippen molar-refractivity contribution in [3.63, 3.8) is 0 Å². The van der Waals surface area contributed by atoms with Gasteiger partial charge in [0, 0.05) is 17.4 Å². The lowest BCUT2D eigenvalue weighted by Crippen LogP contribution is -2.29. The predicted octanol–water partition coefficient (Wildman–Crippen LogP) is 5.36. The first kappa shape index (κ1) is 20.8. The van der Waals surface area contributed by atoms with Crippen molar-refractivity contribution in [1.29, 1.82) is 0 Å². The Kier molecular flexibility index (Phi) is 5.35. The summed E-state index contributed by atoms with van der Waals surface area (Å²) in [6.45, 7) is 0. The van der Waals surface area contributed by atoms with Gasteiger partial charge in [-0.05, 0) is 72.9 Å².